The molecular weight excluding hydrogens is 2030 g/mol. The number of nitrogens with zero attached hydrogens (tertiary/aromatic N) is 6. The predicted molar refractivity (Wildman–Crippen MR) is 490 cm³/mol. The fourth-order valence-electron chi connectivity index (χ4n) is 12.9. The van der Waals surface area contributed by atoms with Crippen LogP contribution in [0.2, 0.25) is 0 Å². The second-order valence-electron chi connectivity index (χ2n) is 33.5. The lowest BCUT2D eigenvalue weighted by molar-refractivity contribution is -0.149. The maximum atomic E-state index is 15.9. The van der Waals surface area contributed by atoms with Gasteiger partial charge in [-0.3, -0.25) is 37.1 Å². The van der Waals surface area contributed by atoms with Crippen molar-refractivity contribution in [2.24, 2.45) is 0 Å². The maximum Gasteiger partial charge on any atom is 0.513 e. The Morgan fingerprint density at radius 3 is 1.00 bits per heavy atom. The number of anilines is 3. The van der Waals surface area contributed by atoms with E-state index in [1.165, 1.54) is 111 Å². The van der Waals surface area contributed by atoms with Crippen molar-refractivity contribution in [2.75, 3.05) is 37.0 Å². The number of hydrogen-bond donors (Lipinski definition) is 8. The van der Waals surface area contributed by atoms with Crippen molar-refractivity contribution in [3.8, 4) is 23.0 Å². The van der Waals surface area contributed by atoms with Crippen LogP contribution in [-0.4, -0.2) is 173 Å². The highest BCUT2D eigenvalue weighted by molar-refractivity contribution is 7.53. The van der Waals surface area contributed by atoms with Gasteiger partial charge in [-0.25, -0.2) is 50.8 Å². The molecule has 0 saturated carbocycles. The van der Waals surface area contributed by atoms with Crippen molar-refractivity contribution in [3.63, 3.8) is 0 Å². The van der Waals surface area contributed by atoms with E-state index in [2.05, 4.69) is 39.5 Å². The molecule has 0 aliphatic carbocycles. The van der Waals surface area contributed by atoms with Gasteiger partial charge in [-0.05, 0) is 134 Å². The van der Waals surface area contributed by atoms with Gasteiger partial charge < -0.3 is 92.9 Å². The third kappa shape index (κ3) is 31.4. The second kappa shape index (κ2) is 49.4. The molecule has 3 saturated heterocycles. The number of aromatic nitrogens is 6. The number of nitrogen functional groups attached to an aromatic ring is 3. The van der Waals surface area contributed by atoms with E-state index in [9.17, 15) is 102 Å². The number of carbonyl (C=O) groups excluding carboxylic acids is 5. The maximum absolute atomic E-state index is 15.9. The lowest BCUT2D eigenvalue weighted by Crippen LogP contribution is -2.45. The van der Waals surface area contributed by atoms with Gasteiger partial charge in [0.25, 0.3) is 0 Å². The van der Waals surface area contributed by atoms with E-state index in [0.29, 0.717) is 24.8 Å². The van der Waals surface area contributed by atoms with Crippen molar-refractivity contribution >= 4 is 70.9 Å². The smallest absolute Gasteiger partial charge is 0.460 e. The summed E-state index contributed by atoms with van der Waals surface area (Å²) in [5.74, 6) is -28.6. The molecule has 11 N–H and O–H groups in total. The number of ether oxygens (including phenoxy) is 10. The summed E-state index contributed by atoms with van der Waals surface area (Å²) in [6.45, 7) is 10.00. The number of para-hydroxylation sites is 3. The fourth-order valence-corrected chi connectivity index (χ4v) is 17.4. The first-order chi connectivity index (χ1) is 68.6. The van der Waals surface area contributed by atoms with Crippen LogP contribution in [0.15, 0.2) is 233 Å². The van der Waals surface area contributed by atoms with Crippen molar-refractivity contribution in [1.29, 1.82) is 0 Å². The molecule has 788 valence electrons. The molecule has 0 radical (unpaired) electrons. The summed E-state index contributed by atoms with van der Waals surface area (Å²) >= 11 is 0. The summed E-state index contributed by atoms with van der Waals surface area (Å²) in [6, 6.07) is 48.1. The van der Waals surface area contributed by atoms with E-state index in [-0.39, 0.29) is 54.5 Å². The highest BCUT2D eigenvalue weighted by atomic mass is 31.2. The Balaban J connectivity index is 0.000000204. The number of esters is 3. The molecule has 41 nitrogen and oxygen atoms in total. The molecule has 10 aromatic rings. The third-order valence-electron chi connectivity index (χ3n) is 19.7. The number of benzene rings is 7. The second-order valence-corrected chi connectivity index (χ2v) is 38.5. The van der Waals surface area contributed by atoms with Crippen molar-refractivity contribution in [2.45, 2.75) is 185 Å². The van der Waals surface area contributed by atoms with Gasteiger partial charge in [-0.2, -0.15) is 65.3 Å². The summed E-state index contributed by atoms with van der Waals surface area (Å²) in [7, 11) is -14.0. The number of carbonyl (C=O) groups is 5. The summed E-state index contributed by atoms with van der Waals surface area (Å²) in [5.41, 5.74) is 12.9. The molecule has 3 aromatic heterocycles. The van der Waals surface area contributed by atoms with Crippen LogP contribution < -0.4 is 67.6 Å². The van der Waals surface area contributed by atoms with E-state index in [1.54, 1.807) is 133 Å². The summed E-state index contributed by atoms with van der Waals surface area (Å²) in [6.07, 6.45) is -18.8. The number of halogens is 11. The topological polar surface area (TPSA) is 544 Å². The zero-order chi connectivity index (χ0) is 107. The van der Waals surface area contributed by atoms with Crippen molar-refractivity contribution in [3.05, 3.63) is 296 Å². The molecule has 15 atom stereocenters. The first-order valence-corrected chi connectivity index (χ1v) is 48.0. The summed E-state index contributed by atoms with van der Waals surface area (Å²) in [5, 5.41) is 26.5. The molecule has 3 aliphatic heterocycles. The molecule has 146 heavy (non-hydrogen) atoms. The molecule has 13 rings (SSSR count). The van der Waals surface area contributed by atoms with E-state index >= 15 is 8.78 Å². The van der Waals surface area contributed by atoms with Crippen LogP contribution in [0.3, 0.4) is 0 Å². The van der Waals surface area contributed by atoms with Crippen LogP contribution in [0.4, 0.5) is 75.3 Å². The minimum atomic E-state index is -4.96. The molecule has 6 heterocycles. The van der Waals surface area contributed by atoms with Crippen LogP contribution in [0, 0.1) is 29.1 Å². The molecule has 0 amide bonds. The molecule has 3 fully saturated rings. The van der Waals surface area contributed by atoms with Crippen LogP contribution in [0.5, 0.6) is 23.0 Å². The average Bonchev–Trinajstić information content (AvgIpc) is 1.52. The molecule has 7 aromatic carbocycles. The minimum Gasteiger partial charge on any atom is -0.460 e. The Hall–Kier alpha value is -13.8. The van der Waals surface area contributed by atoms with Gasteiger partial charge in [-0.15, -0.1) is 0 Å². The number of rotatable bonds is 35. The van der Waals surface area contributed by atoms with Crippen molar-refractivity contribution < 1.29 is 171 Å². The van der Waals surface area contributed by atoms with Gasteiger partial charge in [0.15, 0.2) is 6.10 Å². The molecule has 55 heteroatoms. The first-order valence-electron chi connectivity index (χ1n) is 43.3. The third-order valence-corrected chi connectivity index (χ3v) is 24.6. The minimum absolute atomic E-state index is 0.0461. The lowest BCUT2D eigenvalue weighted by atomic mass is 10.1. The zero-order valence-electron chi connectivity index (χ0n) is 78.3. The summed E-state index contributed by atoms with van der Waals surface area (Å²) < 4.78 is 285. The molecule has 0 spiro atoms. The molecule has 4 unspecified atom stereocenters. The normalized spacial score (nSPS) is 20.4. The Labute approximate surface area is 822 Å². The van der Waals surface area contributed by atoms with E-state index < -0.39 is 228 Å². The SMILES string of the molecule is CC(C)(C)OC(=O)O[C@@H]1[C@@H](CO)O[C@@H](n2ccc(N)nc2=O)C1(F)F.CC(NP(=O)(Oc1ccccc1)Oc1c(F)c(F)c(F)c(F)c1F)C(=O)OCc1ccccc1.C[C@H](NP(=O)(OC[C@H]1O[C@@H](n2ccc(N)nc2=O)C(F)(F)[C@@H]1O)Oc1ccccc1)C(=O)OCc1ccccc1.C[C@H](NP(=O)(OC[C@H]1O[C@@H](n2ccc(N)nc2=O)C(F)(F)[C@@H]1OC(=O)OC(C)(C)C)Oc1ccccc1)C(=O)OCc1ccccc1. The van der Waals surface area contributed by atoms with E-state index in [4.69, 9.17) is 82.5 Å². The standard InChI is InChI=1S/C30H35F2N4O10P.C25H27F2N4O8P.C22H17F5NO5P.C14H19F2N3O6/c1-19(25(37)41-17-20-11-7-5-8-12-20)35-47(40,46-21-13-9-6-10-14-21)42-18-22-24(44-28(39)45-29(2,3)4)30(31,32)26(43-22)36-16-15-23(33)34-27(36)38;1-16(22(33)36-14-17-8-4-2-5-9-17)30-40(35,39-18-10-6-3-7-11-18)37-15-19-21(32)25(26,27)23(38-19)31-13-12-20(28)29-24(31)34;1-13(22(29)31-12-14-8-4-2-5-9-14)28-34(30,32-15-10-6-3-7-11-15)33-21-19(26)17(24)16(23)18(25)20(21)27;1-13(2,3)25-12(22)24-9-7(6-20)23-10(14(9,15)16)19-5-4-8(17)18-11(19)21/h5-16,19,22,24,26H,17-18H2,1-4H3,(H,35,40)(H2,33,34,38);2-13,16,19,21,23,32H,14-15H2,1H3,(H,30,35)(H2,28,29,34);2-11,13H,12H2,1H3,(H,28,30);4-5,7,9-10,20H,6H2,1-3H3,(H2,17,18,21)/t19-,22+,24+,26+,47?;16-,19+,21+,23+,40?;;7-,9-,10-/m00.1/s1. The Morgan fingerprint density at radius 1 is 0.411 bits per heavy atom. The van der Waals surface area contributed by atoms with Gasteiger partial charge in [-0.1, -0.05) is 146 Å². The largest absolute Gasteiger partial charge is 0.513 e. The fraction of sp³-hybridized carbons (Fsp3) is 0.352. The van der Waals surface area contributed by atoms with Gasteiger partial charge >= 0.3 is 88.3 Å². The number of aliphatic hydroxyl groups is 2. The first kappa shape index (κ1) is 114. The lowest BCUT2D eigenvalue weighted by Gasteiger charge is -2.27. The Morgan fingerprint density at radius 2 is 0.685 bits per heavy atom. The van der Waals surface area contributed by atoms with Crippen LogP contribution in [0.1, 0.15) is 97.7 Å². The Bertz CT molecular complexity index is 6440. The van der Waals surface area contributed by atoms with Gasteiger partial charge in [0.05, 0.1) is 19.8 Å². The van der Waals surface area contributed by atoms with Crippen LogP contribution in [-0.2, 0) is 104 Å². The number of hydrogen-bond acceptors (Lipinski definition) is 35. The summed E-state index contributed by atoms with van der Waals surface area (Å²) in [4.78, 5) is 108. The number of nitrogens with two attached hydrogens (primary N) is 3. The molecular formula is C91H98F11N12O29P3. The zero-order valence-corrected chi connectivity index (χ0v) is 81.0. The average molecular weight is 2130 g/mol. The quantitative estimate of drug-likeness (QED) is 0.00457. The van der Waals surface area contributed by atoms with Crippen LogP contribution in [0.25, 0.3) is 0 Å². The van der Waals surface area contributed by atoms with Gasteiger partial charge in [0, 0.05) is 18.6 Å². The van der Waals surface area contributed by atoms with Gasteiger partial charge in [0.2, 0.25) is 65.7 Å². The van der Waals surface area contributed by atoms with Gasteiger partial charge in [0.1, 0.15) is 102 Å². The van der Waals surface area contributed by atoms with Crippen LogP contribution >= 0.6 is 23.2 Å². The molecule has 3 aliphatic rings. The number of alkyl halides is 6. The predicted octanol–water partition coefficient (Wildman–Crippen LogP) is 13.6. The highest BCUT2D eigenvalue weighted by Gasteiger charge is 2.65. The number of nitrogens with one attached hydrogen (secondary N) is 3. The van der Waals surface area contributed by atoms with E-state index in [0.717, 1.165) is 42.4 Å². The number of aliphatic hydroxyl groups excluding tert-OH is 2. The van der Waals surface area contributed by atoms with Crippen molar-refractivity contribution in [1.82, 2.24) is 43.9 Å². The Kier molecular flexibility index (Phi) is 38.7. The van der Waals surface area contributed by atoms with E-state index in [1.807, 2.05) is 0 Å². The monoisotopic (exact) mass is 2120 g/mol. The highest BCUT2D eigenvalue weighted by Crippen LogP contribution is 2.53. The molecule has 0 bridgehead atoms.